The fourth-order valence-corrected chi connectivity index (χ4v) is 4.09. The van der Waals surface area contributed by atoms with E-state index < -0.39 is 0 Å². The number of aliphatic imine (C=N–C) groups is 1. The second-order valence-electron chi connectivity index (χ2n) is 7.45. The Morgan fingerprint density at radius 2 is 2.03 bits per heavy atom. The third kappa shape index (κ3) is 5.63. The number of hydrogen-bond donors (Lipinski definition) is 1. The van der Waals surface area contributed by atoms with Gasteiger partial charge < -0.3 is 19.7 Å². The number of esters is 1. The summed E-state index contributed by atoms with van der Waals surface area (Å²) < 4.78 is 10.4. The number of benzene rings is 1. The van der Waals surface area contributed by atoms with Crippen LogP contribution in [0.15, 0.2) is 29.3 Å². The van der Waals surface area contributed by atoms with E-state index in [2.05, 4.69) is 53.0 Å². The van der Waals surface area contributed by atoms with E-state index in [4.69, 9.17) is 9.47 Å². The first-order chi connectivity index (χ1) is 14.0. The van der Waals surface area contributed by atoms with Crippen LogP contribution in [0.4, 0.5) is 0 Å². The molecular formula is C22H36N4O3. The fraction of sp³-hybridized carbons (Fsp3) is 0.636. The number of guanidine groups is 1. The number of rotatable bonds is 8. The summed E-state index contributed by atoms with van der Waals surface area (Å²) in [6.07, 6.45) is 0. The Bertz CT molecular complexity index is 690. The Balaban J connectivity index is 2.13. The summed E-state index contributed by atoms with van der Waals surface area (Å²) in [5, 5.41) is 3.54. The molecule has 1 saturated heterocycles. The Labute approximate surface area is 175 Å². The lowest BCUT2D eigenvalue weighted by molar-refractivity contribution is -0.145. The van der Waals surface area contributed by atoms with E-state index in [1.165, 1.54) is 12.7 Å². The fourth-order valence-electron chi connectivity index (χ4n) is 4.09. The van der Waals surface area contributed by atoms with Crippen molar-refractivity contribution in [3.05, 3.63) is 29.8 Å². The predicted molar refractivity (Wildman–Crippen MR) is 116 cm³/mol. The van der Waals surface area contributed by atoms with Crippen molar-refractivity contribution >= 4 is 11.9 Å². The molecule has 7 heteroatoms. The molecule has 1 aliphatic rings. The zero-order valence-corrected chi connectivity index (χ0v) is 18.6. The summed E-state index contributed by atoms with van der Waals surface area (Å²) in [6.45, 7) is 10.5. The van der Waals surface area contributed by atoms with Crippen LogP contribution >= 0.6 is 0 Å². The first-order valence-electron chi connectivity index (χ1n) is 10.4. The van der Waals surface area contributed by atoms with E-state index in [1.54, 1.807) is 14.2 Å². The molecule has 0 spiro atoms. The van der Waals surface area contributed by atoms with Crippen LogP contribution < -0.4 is 10.1 Å². The number of carbonyl (C=O) groups is 1. The third-order valence-electron chi connectivity index (χ3n) is 5.81. The molecule has 0 aromatic heterocycles. The van der Waals surface area contributed by atoms with Crippen molar-refractivity contribution in [1.29, 1.82) is 0 Å². The number of methoxy groups -OCH3 is 2. The molecule has 0 radical (unpaired) electrons. The lowest BCUT2D eigenvalue weighted by Crippen LogP contribution is -2.45. The maximum atomic E-state index is 12.0. The molecule has 1 N–H and O–H groups in total. The molecule has 1 aliphatic heterocycles. The molecule has 0 saturated carbocycles. The molecule has 1 aromatic rings. The first-order valence-corrected chi connectivity index (χ1v) is 10.4. The second-order valence-corrected chi connectivity index (χ2v) is 7.45. The molecule has 1 aromatic carbocycles. The SMILES string of the molecule is CCN(CC)C(CNC(=NC)N1CC(C)C(C(=O)OC)C1)c1cccc(OC)c1. The molecule has 2 rings (SSSR count). The van der Waals surface area contributed by atoms with E-state index in [1.807, 2.05) is 12.1 Å². The molecule has 7 nitrogen and oxygen atoms in total. The van der Waals surface area contributed by atoms with Gasteiger partial charge in [0.15, 0.2) is 5.96 Å². The van der Waals surface area contributed by atoms with Gasteiger partial charge in [-0.1, -0.05) is 32.9 Å². The number of hydrogen-bond acceptors (Lipinski definition) is 5. The maximum absolute atomic E-state index is 12.0. The lowest BCUT2D eigenvalue weighted by atomic mass is 9.99. The van der Waals surface area contributed by atoms with E-state index in [0.29, 0.717) is 6.54 Å². The highest BCUT2D eigenvalue weighted by Gasteiger charge is 2.37. The van der Waals surface area contributed by atoms with Gasteiger partial charge in [0.1, 0.15) is 5.75 Å². The van der Waals surface area contributed by atoms with Crippen molar-refractivity contribution in [2.24, 2.45) is 16.8 Å². The van der Waals surface area contributed by atoms with Crippen LogP contribution in [0.5, 0.6) is 5.75 Å². The van der Waals surface area contributed by atoms with Gasteiger partial charge in [0.05, 0.1) is 26.2 Å². The van der Waals surface area contributed by atoms with Gasteiger partial charge in [0.25, 0.3) is 0 Å². The van der Waals surface area contributed by atoms with Crippen molar-refractivity contribution in [2.75, 3.05) is 54.0 Å². The van der Waals surface area contributed by atoms with Gasteiger partial charge in [-0.2, -0.15) is 0 Å². The summed E-state index contributed by atoms with van der Waals surface area (Å²) in [5.41, 5.74) is 1.21. The molecule has 0 aliphatic carbocycles. The van der Waals surface area contributed by atoms with Crippen molar-refractivity contribution in [1.82, 2.24) is 15.1 Å². The monoisotopic (exact) mass is 404 g/mol. The number of likely N-dealkylation sites (N-methyl/N-ethyl adjacent to an activating group) is 1. The summed E-state index contributed by atoms with van der Waals surface area (Å²) in [4.78, 5) is 21.1. The summed E-state index contributed by atoms with van der Waals surface area (Å²) >= 11 is 0. The van der Waals surface area contributed by atoms with Gasteiger partial charge in [0.2, 0.25) is 0 Å². The standard InChI is InChI=1S/C22H36N4O3/c1-7-25(8-2)20(17-10-9-11-18(12-17)28-5)13-24-22(23-4)26-14-16(3)19(15-26)21(27)29-6/h9-12,16,19-20H,7-8,13-15H2,1-6H3,(H,23,24). The van der Waals surface area contributed by atoms with Gasteiger partial charge in [-0.15, -0.1) is 0 Å². The van der Waals surface area contributed by atoms with E-state index >= 15 is 0 Å². The van der Waals surface area contributed by atoms with Gasteiger partial charge in [-0.3, -0.25) is 14.7 Å². The Morgan fingerprint density at radius 1 is 1.31 bits per heavy atom. The van der Waals surface area contributed by atoms with E-state index in [9.17, 15) is 4.79 Å². The average molecular weight is 405 g/mol. The molecule has 3 atom stereocenters. The zero-order valence-electron chi connectivity index (χ0n) is 18.6. The number of nitrogens with one attached hydrogen (secondary N) is 1. The zero-order chi connectivity index (χ0) is 21.4. The molecule has 0 amide bonds. The highest BCUT2D eigenvalue weighted by molar-refractivity contribution is 5.82. The van der Waals surface area contributed by atoms with Gasteiger partial charge in [-0.25, -0.2) is 0 Å². The van der Waals surface area contributed by atoms with Crippen molar-refractivity contribution in [3.63, 3.8) is 0 Å². The number of nitrogens with zero attached hydrogens (tertiary/aromatic N) is 3. The van der Waals surface area contributed by atoms with E-state index in [-0.39, 0.29) is 23.8 Å². The highest BCUT2D eigenvalue weighted by atomic mass is 16.5. The number of ether oxygens (including phenoxy) is 2. The predicted octanol–water partition coefficient (Wildman–Crippen LogP) is 2.39. The Kier molecular flexibility index (Phi) is 8.76. The van der Waals surface area contributed by atoms with Crippen LogP contribution in [0.2, 0.25) is 0 Å². The van der Waals surface area contributed by atoms with Crippen LogP contribution in [0.25, 0.3) is 0 Å². The van der Waals surface area contributed by atoms with Crippen LogP contribution in [-0.2, 0) is 9.53 Å². The average Bonchev–Trinajstić information content (AvgIpc) is 3.14. The smallest absolute Gasteiger partial charge is 0.310 e. The molecular weight excluding hydrogens is 368 g/mol. The lowest BCUT2D eigenvalue weighted by Gasteiger charge is -2.32. The van der Waals surface area contributed by atoms with E-state index in [0.717, 1.165) is 37.9 Å². The molecule has 29 heavy (non-hydrogen) atoms. The highest BCUT2D eigenvalue weighted by Crippen LogP contribution is 2.26. The van der Waals surface area contributed by atoms with Crippen LogP contribution in [0.1, 0.15) is 32.4 Å². The molecule has 1 fully saturated rings. The molecule has 3 unspecified atom stereocenters. The summed E-state index contributed by atoms with van der Waals surface area (Å²) in [7, 11) is 4.93. The quantitative estimate of drug-likeness (QED) is 0.408. The van der Waals surface area contributed by atoms with Crippen molar-refractivity contribution < 1.29 is 14.3 Å². The minimum absolute atomic E-state index is 0.115. The Morgan fingerprint density at radius 3 is 2.62 bits per heavy atom. The van der Waals surface area contributed by atoms with Gasteiger partial charge in [0, 0.05) is 26.7 Å². The van der Waals surface area contributed by atoms with Crippen LogP contribution in [-0.4, -0.2) is 75.7 Å². The van der Waals surface area contributed by atoms with Crippen LogP contribution in [0.3, 0.4) is 0 Å². The normalized spacial score (nSPS) is 20.7. The largest absolute Gasteiger partial charge is 0.497 e. The molecule has 0 bridgehead atoms. The topological polar surface area (TPSA) is 66.4 Å². The summed E-state index contributed by atoms with van der Waals surface area (Å²) in [6, 6.07) is 8.42. The van der Waals surface area contributed by atoms with Crippen molar-refractivity contribution in [3.8, 4) is 5.75 Å². The molecule has 162 valence electrons. The number of carbonyl (C=O) groups excluding carboxylic acids is 1. The third-order valence-corrected chi connectivity index (χ3v) is 5.81. The van der Waals surface area contributed by atoms with Gasteiger partial charge in [-0.05, 0) is 36.7 Å². The summed E-state index contributed by atoms with van der Waals surface area (Å²) in [5.74, 6) is 1.66. The second kappa shape index (κ2) is 11.0. The molecule has 1 heterocycles. The first kappa shape index (κ1) is 23.0. The minimum Gasteiger partial charge on any atom is -0.497 e. The van der Waals surface area contributed by atoms with Gasteiger partial charge >= 0.3 is 5.97 Å². The maximum Gasteiger partial charge on any atom is 0.310 e. The van der Waals surface area contributed by atoms with Crippen LogP contribution in [0, 0.1) is 11.8 Å². The Hall–Kier alpha value is -2.28. The number of likely N-dealkylation sites (tertiary alicyclic amines) is 1. The minimum atomic E-state index is -0.146. The van der Waals surface area contributed by atoms with Crippen molar-refractivity contribution in [2.45, 2.75) is 26.8 Å².